The SMILES string of the molecule is CCn1c(CNC(=O)c2ccc(Cl)cc2Cl)nnc1SCC(=O)Nc1ccc(I)cc1C(C)C. The zero-order valence-electron chi connectivity index (χ0n) is 18.9. The van der Waals surface area contributed by atoms with Gasteiger partial charge < -0.3 is 15.2 Å². The smallest absolute Gasteiger partial charge is 0.253 e. The van der Waals surface area contributed by atoms with Crippen LogP contribution in [-0.2, 0) is 17.9 Å². The van der Waals surface area contributed by atoms with Crippen molar-refractivity contribution in [3.05, 3.63) is 67.0 Å². The van der Waals surface area contributed by atoms with Gasteiger partial charge in [-0.25, -0.2) is 0 Å². The predicted octanol–water partition coefficient (Wildman–Crippen LogP) is 5.99. The van der Waals surface area contributed by atoms with E-state index in [1.807, 2.05) is 23.6 Å². The van der Waals surface area contributed by atoms with E-state index in [0.717, 1.165) is 14.8 Å². The normalized spacial score (nSPS) is 11.0. The molecular weight excluding hydrogens is 608 g/mol. The van der Waals surface area contributed by atoms with Crippen LogP contribution < -0.4 is 10.6 Å². The van der Waals surface area contributed by atoms with Crippen LogP contribution in [0.4, 0.5) is 5.69 Å². The number of carbonyl (C=O) groups excluding carboxylic acids is 2. The average Bonchev–Trinajstić information content (AvgIpc) is 3.18. The topological polar surface area (TPSA) is 88.9 Å². The third kappa shape index (κ3) is 6.87. The van der Waals surface area contributed by atoms with Crippen molar-refractivity contribution in [2.75, 3.05) is 11.1 Å². The van der Waals surface area contributed by atoms with Crippen molar-refractivity contribution in [1.29, 1.82) is 0 Å². The third-order valence-corrected chi connectivity index (χ3v) is 7.12. The first-order valence-electron chi connectivity index (χ1n) is 10.6. The lowest BCUT2D eigenvalue weighted by Gasteiger charge is -2.14. The Kier molecular flexibility index (Phi) is 9.64. The molecule has 0 spiro atoms. The molecule has 0 aliphatic heterocycles. The largest absolute Gasteiger partial charge is 0.345 e. The van der Waals surface area contributed by atoms with Crippen LogP contribution in [0.1, 0.15) is 48.4 Å². The molecular formula is C23H24Cl2IN5O2S. The fourth-order valence-corrected chi connectivity index (χ4v) is 5.07. The number of hydrogen-bond acceptors (Lipinski definition) is 5. The molecule has 0 atom stereocenters. The first-order valence-corrected chi connectivity index (χ1v) is 13.4. The Balaban J connectivity index is 1.61. The minimum absolute atomic E-state index is 0.119. The van der Waals surface area contributed by atoms with Crippen molar-refractivity contribution in [3.63, 3.8) is 0 Å². The zero-order valence-corrected chi connectivity index (χ0v) is 23.3. The van der Waals surface area contributed by atoms with Gasteiger partial charge in [0.2, 0.25) is 5.91 Å². The van der Waals surface area contributed by atoms with E-state index in [-0.39, 0.29) is 29.1 Å². The molecule has 0 fully saturated rings. The van der Waals surface area contributed by atoms with Gasteiger partial charge in [-0.05, 0) is 77.4 Å². The standard InChI is InChI=1S/C23H24Cl2IN5O2S/c1-4-31-20(11-27-22(33)16-7-5-14(24)9-18(16)25)29-30-23(31)34-12-21(32)28-19-8-6-15(26)10-17(19)13(2)3/h5-10,13H,4,11-12H2,1-3H3,(H,27,33)(H,28,32). The van der Waals surface area contributed by atoms with Crippen molar-refractivity contribution in [2.45, 2.75) is 44.9 Å². The number of thioether (sulfide) groups is 1. The van der Waals surface area contributed by atoms with Crippen LogP contribution >= 0.6 is 57.6 Å². The second kappa shape index (κ2) is 12.2. The van der Waals surface area contributed by atoms with E-state index >= 15 is 0 Å². The van der Waals surface area contributed by atoms with E-state index in [4.69, 9.17) is 23.2 Å². The van der Waals surface area contributed by atoms with E-state index in [1.54, 1.807) is 12.1 Å². The number of amides is 2. The van der Waals surface area contributed by atoms with Crippen LogP contribution in [0, 0.1) is 3.57 Å². The number of carbonyl (C=O) groups is 2. The number of halogens is 3. The number of benzene rings is 2. The third-order valence-electron chi connectivity index (χ3n) is 4.93. The molecule has 0 saturated heterocycles. The fourth-order valence-electron chi connectivity index (χ4n) is 3.24. The predicted molar refractivity (Wildman–Crippen MR) is 146 cm³/mol. The second-order valence-electron chi connectivity index (χ2n) is 7.67. The van der Waals surface area contributed by atoms with Gasteiger partial charge in [0.25, 0.3) is 5.91 Å². The molecule has 2 aromatic carbocycles. The molecule has 1 heterocycles. The van der Waals surface area contributed by atoms with Crippen molar-refractivity contribution >= 4 is 75.1 Å². The molecule has 2 N–H and O–H groups in total. The lowest BCUT2D eigenvalue weighted by Crippen LogP contribution is -2.25. The number of nitrogens with zero attached hydrogens (tertiary/aromatic N) is 3. The number of anilines is 1. The Hall–Kier alpha value is -1.82. The molecule has 0 aliphatic rings. The van der Waals surface area contributed by atoms with Crippen molar-refractivity contribution in [3.8, 4) is 0 Å². The molecule has 0 aliphatic carbocycles. The average molecular weight is 632 g/mol. The highest BCUT2D eigenvalue weighted by molar-refractivity contribution is 14.1. The Morgan fingerprint density at radius 1 is 1.15 bits per heavy atom. The Bertz CT molecular complexity index is 1200. The number of hydrogen-bond donors (Lipinski definition) is 2. The van der Waals surface area contributed by atoms with Gasteiger partial charge in [0.15, 0.2) is 11.0 Å². The Morgan fingerprint density at radius 3 is 2.59 bits per heavy atom. The van der Waals surface area contributed by atoms with Gasteiger partial charge in [-0.1, -0.05) is 48.8 Å². The van der Waals surface area contributed by atoms with Crippen LogP contribution in [0.2, 0.25) is 10.0 Å². The van der Waals surface area contributed by atoms with Gasteiger partial charge in [-0.2, -0.15) is 0 Å². The monoisotopic (exact) mass is 631 g/mol. The first-order chi connectivity index (χ1) is 16.2. The molecule has 1 aromatic heterocycles. The molecule has 0 saturated carbocycles. The summed E-state index contributed by atoms with van der Waals surface area (Å²) in [6.45, 7) is 6.92. The summed E-state index contributed by atoms with van der Waals surface area (Å²) in [5, 5.41) is 15.5. The van der Waals surface area contributed by atoms with Gasteiger partial charge in [0.05, 0.1) is 22.9 Å². The maximum Gasteiger partial charge on any atom is 0.253 e. The van der Waals surface area contributed by atoms with Gasteiger partial charge in [-0.15, -0.1) is 10.2 Å². The van der Waals surface area contributed by atoms with Gasteiger partial charge in [-0.3, -0.25) is 9.59 Å². The highest BCUT2D eigenvalue weighted by atomic mass is 127. The minimum atomic E-state index is -0.334. The lowest BCUT2D eigenvalue weighted by molar-refractivity contribution is -0.113. The minimum Gasteiger partial charge on any atom is -0.345 e. The highest BCUT2D eigenvalue weighted by Gasteiger charge is 2.17. The molecule has 3 aromatic rings. The summed E-state index contributed by atoms with van der Waals surface area (Å²) in [6, 6.07) is 10.7. The number of aromatic nitrogens is 3. The quantitative estimate of drug-likeness (QED) is 0.224. The summed E-state index contributed by atoms with van der Waals surface area (Å²) in [5.74, 6) is 0.615. The summed E-state index contributed by atoms with van der Waals surface area (Å²) >= 11 is 15.6. The highest BCUT2D eigenvalue weighted by Crippen LogP contribution is 2.27. The molecule has 0 radical (unpaired) electrons. The Labute approximate surface area is 226 Å². The molecule has 0 bridgehead atoms. The van der Waals surface area contributed by atoms with Gasteiger partial charge >= 0.3 is 0 Å². The van der Waals surface area contributed by atoms with Crippen LogP contribution in [0.5, 0.6) is 0 Å². The molecule has 34 heavy (non-hydrogen) atoms. The fraction of sp³-hybridized carbons (Fsp3) is 0.304. The first kappa shape index (κ1) is 26.8. The van der Waals surface area contributed by atoms with Crippen LogP contribution in [0.25, 0.3) is 0 Å². The molecule has 3 rings (SSSR count). The van der Waals surface area contributed by atoms with Gasteiger partial charge in [0, 0.05) is 20.8 Å². The second-order valence-corrected chi connectivity index (χ2v) is 10.7. The van der Waals surface area contributed by atoms with Crippen LogP contribution in [0.15, 0.2) is 41.6 Å². The summed E-state index contributed by atoms with van der Waals surface area (Å²) in [4.78, 5) is 25.1. The number of nitrogens with one attached hydrogen (secondary N) is 2. The summed E-state index contributed by atoms with van der Waals surface area (Å²) in [6.07, 6.45) is 0. The van der Waals surface area contributed by atoms with Gasteiger partial charge in [0.1, 0.15) is 0 Å². The molecule has 2 amide bonds. The van der Waals surface area contributed by atoms with E-state index in [9.17, 15) is 9.59 Å². The van der Waals surface area contributed by atoms with E-state index in [1.165, 1.54) is 17.8 Å². The maximum atomic E-state index is 12.6. The van der Waals surface area contributed by atoms with E-state index < -0.39 is 0 Å². The molecule has 180 valence electrons. The Morgan fingerprint density at radius 2 is 1.91 bits per heavy atom. The maximum absolute atomic E-state index is 12.6. The van der Waals surface area contributed by atoms with Crippen LogP contribution in [0.3, 0.4) is 0 Å². The summed E-state index contributed by atoms with van der Waals surface area (Å²) in [7, 11) is 0. The summed E-state index contributed by atoms with van der Waals surface area (Å²) < 4.78 is 2.99. The number of rotatable bonds is 9. The van der Waals surface area contributed by atoms with E-state index in [0.29, 0.717) is 34.0 Å². The zero-order chi connectivity index (χ0) is 24.8. The molecule has 11 heteroatoms. The van der Waals surface area contributed by atoms with Crippen LogP contribution in [-0.4, -0.2) is 32.3 Å². The van der Waals surface area contributed by atoms with Crippen molar-refractivity contribution in [1.82, 2.24) is 20.1 Å². The summed E-state index contributed by atoms with van der Waals surface area (Å²) in [5.41, 5.74) is 2.25. The van der Waals surface area contributed by atoms with Crippen molar-refractivity contribution < 1.29 is 9.59 Å². The van der Waals surface area contributed by atoms with Crippen molar-refractivity contribution in [2.24, 2.45) is 0 Å². The lowest BCUT2D eigenvalue weighted by atomic mass is 10.0. The molecule has 0 unspecified atom stereocenters. The van der Waals surface area contributed by atoms with E-state index in [2.05, 4.69) is 63.3 Å². The molecule has 7 nitrogen and oxygen atoms in total.